The van der Waals surface area contributed by atoms with Crippen LogP contribution in [0.2, 0.25) is 0 Å². The van der Waals surface area contributed by atoms with Crippen molar-refractivity contribution in [1.82, 2.24) is 10.2 Å². The molecule has 1 amide bonds. The van der Waals surface area contributed by atoms with E-state index in [9.17, 15) is 4.79 Å². The van der Waals surface area contributed by atoms with E-state index in [4.69, 9.17) is 0 Å². The first-order valence-electron chi connectivity index (χ1n) is 7.08. The Balaban J connectivity index is 3.14. The molecule has 0 aliphatic heterocycles. The number of rotatable bonds is 11. The Bertz CT molecular complexity index is 181. The van der Waals surface area contributed by atoms with E-state index in [2.05, 4.69) is 12.2 Å². The Morgan fingerprint density at radius 2 is 1.47 bits per heavy atom. The van der Waals surface area contributed by atoms with Gasteiger partial charge in [-0.1, -0.05) is 51.9 Å². The monoisotopic (exact) mass is 242 g/mol. The molecule has 0 saturated heterocycles. The molecule has 0 aromatic carbocycles. The average molecular weight is 242 g/mol. The zero-order chi connectivity index (χ0) is 12.9. The van der Waals surface area contributed by atoms with Crippen molar-refractivity contribution in [3.05, 3.63) is 0 Å². The first kappa shape index (κ1) is 16.4. The van der Waals surface area contributed by atoms with Crippen LogP contribution in [-0.2, 0) is 4.79 Å². The number of unbranched alkanes of at least 4 members (excludes halogenated alkanes) is 7. The molecule has 17 heavy (non-hydrogen) atoms. The number of nitrogens with one attached hydrogen (secondary N) is 1. The molecule has 102 valence electrons. The van der Waals surface area contributed by atoms with Gasteiger partial charge in [-0.15, -0.1) is 0 Å². The van der Waals surface area contributed by atoms with E-state index in [0.717, 1.165) is 6.42 Å². The third kappa shape index (κ3) is 13.4. The summed E-state index contributed by atoms with van der Waals surface area (Å²) in [7, 11) is 3.91. The van der Waals surface area contributed by atoms with E-state index in [0.29, 0.717) is 13.1 Å². The van der Waals surface area contributed by atoms with E-state index in [1.165, 1.54) is 44.9 Å². The lowest BCUT2D eigenvalue weighted by molar-refractivity contribution is -0.121. The van der Waals surface area contributed by atoms with Crippen LogP contribution < -0.4 is 5.32 Å². The van der Waals surface area contributed by atoms with Gasteiger partial charge in [0.1, 0.15) is 0 Å². The lowest BCUT2D eigenvalue weighted by Gasteiger charge is -2.10. The zero-order valence-electron chi connectivity index (χ0n) is 11.9. The fourth-order valence-corrected chi connectivity index (χ4v) is 1.75. The highest BCUT2D eigenvalue weighted by Crippen LogP contribution is 2.09. The van der Waals surface area contributed by atoms with Crippen LogP contribution in [0, 0.1) is 0 Å². The molecule has 0 unspecified atom stereocenters. The van der Waals surface area contributed by atoms with Gasteiger partial charge >= 0.3 is 0 Å². The third-order valence-electron chi connectivity index (χ3n) is 2.85. The maximum absolute atomic E-state index is 11.4. The summed E-state index contributed by atoms with van der Waals surface area (Å²) in [5, 5.41) is 2.89. The quantitative estimate of drug-likeness (QED) is 0.446. The van der Waals surface area contributed by atoms with Crippen LogP contribution in [0.5, 0.6) is 0 Å². The minimum atomic E-state index is 0.185. The smallest absolute Gasteiger partial charge is 0.220 e. The zero-order valence-corrected chi connectivity index (χ0v) is 11.9. The highest BCUT2D eigenvalue weighted by Gasteiger charge is 2.00. The Kier molecular flexibility index (Phi) is 11.5. The maximum atomic E-state index is 11.4. The second kappa shape index (κ2) is 11.9. The Morgan fingerprint density at radius 1 is 0.941 bits per heavy atom. The molecule has 0 aliphatic carbocycles. The summed E-state index contributed by atoms with van der Waals surface area (Å²) >= 11 is 0. The molecule has 0 saturated carbocycles. The summed E-state index contributed by atoms with van der Waals surface area (Å²) in [6, 6.07) is 0. The van der Waals surface area contributed by atoms with Crippen molar-refractivity contribution in [2.45, 2.75) is 64.7 Å². The average Bonchev–Trinajstić information content (AvgIpc) is 2.30. The Hall–Kier alpha value is -0.570. The number of carbonyl (C=O) groups is 1. The van der Waals surface area contributed by atoms with Crippen molar-refractivity contribution in [3.63, 3.8) is 0 Å². The molecule has 0 atom stereocenters. The first-order valence-corrected chi connectivity index (χ1v) is 7.08. The van der Waals surface area contributed by atoms with Crippen molar-refractivity contribution in [2.24, 2.45) is 0 Å². The van der Waals surface area contributed by atoms with Crippen molar-refractivity contribution >= 4 is 5.91 Å². The van der Waals surface area contributed by atoms with Gasteiger partial charge in [-0.25, -0.2) is 0 Å². The van der Waals surface area contributed by atoms with Gasteiger partial charge in [0.2, 0.25) is 5.91 Å². The molecule has 0 heterocycles. The van der Waals surface area contributed by atoms with Gasteiger partial charge in [-0.05, 0) is 20.5 Å². The number of nitrogens with zero attached hydrogens (tertiary/aromatic N) is 1. The summed E-state index contributed by atoms with van der Waals surface area (Å²) in [6.07, 6.45) is 10.9. The topological polar surface area (TPSA) is 32.3 Å². The normalized spacial score (nSPS) is 10.8. The van der Waals surface area contributed by atoms with Gasteiger partial charge in [-0.3, -0.25) is 9.69 Å². The van der Waals surface area contributed by atoms with Gasteiger partial charge in [0.15, 0.2) is 0 Å². The predicted molar refractivity (Wildman–Crippen MR) is 73.9 cm³/mol. The van der Waals surface area contributed by atoms with Gasteiger partial charge in [0.05, 0.1) is 6.67 Å². The van der Waals surface area contributed by atoms with Crippen molar-refractivity contribution in [2.75, 3.05) is 20.8 Å². The standard InChI is InChI=1S/C14H30N2O/c1-4-5-6-7-8-9-10-11-12-14(17)15-13-16(2)3/h4-13H2,1-3H3,(H,15,17). The molecule has 0 fully saturated rings. The molecule has 0 aromatic rings. The molecule has 3 heteroatoms. The van der Waals surface area contributed by atoms with E-state index in [-0.39, 0.29) is 5.91 Å². The number of hydrogen-bond donors (Lipinski definition) is 1. The summed E-state index contributed by atoms with van der Waals surface area (Å²) in [5.41, 5.74) is 0. The molecular weight excluding hydrogens is 212 g/mol. The van der Waals surface area contributed by atoms with Gasteiger partial charge in [-0.2, -0.15) is 0 Å². The minimum Gasteiger partial charge on any atom is -0.343 e. The van der Waals surface area contributed by atoms with E-state index < -0.39 is 0 Å². The number of carbonyl (C=O) groups excluding carboxylic acids is 1. The maximum Gasteiger partial charge on any atom is 0.220 e. The molecule has 0 rings (SSSR count). The SMILES string of the molecule is CCCCCCCCCCC(=O)NCN(C)C. The lowest BCUT2D eigenvalue weighted by atomic mass is 10.1. The minimum absolute atomic E-state index is 0.185. The van der Waals surface area contributed by atoms with Crippen LogP contribution in [0.25, 0.3) is 0 Å². The van der Waals surface area contributed by atoms with Crippen LogP contribution in [0.3, 0.4) is 0 Å². The van der Waals surface area contributed by atoms with Crippen LogP contribution in [0.1, 0.15) is 64.7 Å². The highest BCUT2D eigenvalue weighted by atomic mass is 16.1. The molecule has 1 N–H and O–H groups in total. The highest BCUT2D eigenvalue weighted by molar-refractivity contribution is 5.75. The summed E-state index contributed by atoms with van der Waals surface area (Å²) in [5.74, 6) is 0.185. The molecule has 0 aromatic heterocycles. The van der Waals surface area contributed by atoms with Crippen LogP contribution in [0.4, 0.5) is 0 Å². The lowest BCUT2D eigenvalue weighted by Crippen LogP contribution is -2.32. The third-order valence-corrected chi connectivity index (χ3v) is 2.85. The molecule has 0 bridgehead atoms. The second-order valence-electron chi connectivity index (χ2n) is 5.06. The second-order valence-corrected chi connectivity index (χ2v) is 5.06. The molecule has 0 spiro atoms. The molecule has 0 radical (unpaired) electrons. The van der Waals surface area contributed by atoms with E-state index in [1.54, 1.807) is 0 Å². The predicted octanol–water partition coefficient (Wildman–Crippen LogP) is 3.15. The fraction of sp³-hybridized carbons (Fsp3) is 0.929. The van der Waals surface area contributed by atoms with Gasteiger partial charge < -0.3 is 5.32 Å². The largest absolute Gasteiger partial charge is 0.343 e. The van der Waals surface area contributed by atoms with E-state index >= 15 is 0 Å². The first-order chi connectivity index (χ1) is 8.16. The number of hydrogen-bond acceptors (Lipinski definition) is 2. The van der Waals surface area contributed by atoms with E-state index in [1.807, 2.05) is 19.0 Å². The summed E-state index contributed by atoms with van der Waals surface area (Å²) < 4.78 is 0. The Labute approximate surface area is 107 Å². The van der Waals surface area contributed by atoms with Crippen molar-refractivity contribution < 1.29 is 4.79 Å². The van der Waals surface area contributed by atoms with Crippen LogP contribution in [-0.4, -0.2) is 31.6 Å². The summed E-state index contributed by atoms with van der Waals surface area (Å²) in [4.78, 5) is 13.3. The van der Waals surface area contributed by atoms with Crippen LogP contribution in [0.15, 0.2) is 0 Å². The van der Waals surface area contributed by atoms with Gasteiger partial charge in [0.25, 0.3) is 0 Å². The molecule has 0 aliphatic rings. The fourth-order valence-electron chi connectivity index (χ4n) is 1.75. The van der Waals surface area contributed by atoms with Crippen molar-refractivity contribution in [1.29, 1.82) is 0 Å². The van der Waals surface area contributed by atoms with Crippen LogP contribution >= 0.6 is 0 Å². The van der Waals surface area contributed by atoms with Gasteiger partial charge in [0, 0.05) is 6.42 Å². The molecular formula is C14H30N2O. The summed E-state index contributed by atoms with van der Waals surface area (Å²) in [6.45, 7) is 2.89. The van der Waals surface area contributed by atoms with Crippen molar-refractivity contribution in [3.8, 4) is 0 Å². The Morgan fingerprint density at radius 3 is 2.00 bits per heavy atom. The molecule has 3 nitrogen and oxygen atoms in total. The number of amides is 1.